The van der Waals surface area contributed by atoms with E-state index in [0.717, 1.165) is 5.56 Å². The number of fused-ring (bicyclic) bond motifs is 1. The summed E-state index contributed by atoms with van der Waals surface area (Å²) in [6, 6.07) is 5.53. The first-order valence-corrected chi connectivity index (χ1v) is 6.72. The summed E-state index contributed by atoms with van der Waals surface area (Å²) in [6.45, 7) is 0.587. The van der Waals surface area contributed by atoms with Crippen LogP contribution in [0.15, 0.2) is 18.2 Å². The summed E-state index contributed by atoms with van der Waals surface area (Å²) in [7, 11) is 0. The van der Waals surface area contributed by atoms with E-state index in [-0.39, 0.29) is 5.60 Å². The maximum atomic E-state index is 11.0. The van der Waals surface area contributed by atoms with Crippen LogP contribution in [0.3, 0.4) is 0 Å². The van der Waals surface area contributed by atoms with Crippen LogP contribution in [0.5, 0.6) is 0 Å². The molecular formula is C15H16O3. The van der Waals surface area contributed by atoms with E-state index < -0.39 is 5.97 Å². The van der Waals surface area contributed by atoms with Gasteiger partial charge in [-0.3, -0.25) is 0 Å². The summed E-state index contributed by atoms with van der Waals surface area (Å²) < 4.78 is 6.20. The molecule has 0 unspecified atom stereocenters. The Hall–Kier alpha value is -1.35. The van der Waals surface area contributed by atoms with E-state index in [0.29, 0.717) is 24.0 Å². The monoisotopic (exact) mass is 244 g/mol. The fraction of sp³-hybridized carbons (Fsp3) is 0.533. The van der Waals surface area contributed by atoms with Crippen molar-refractivity contribution < 1.29 is 14.6 Å². The molecule has 94 valence electrons. The third-order valence-corrected chi connectivity index (χ3v) is 4.61. The van der Waals surface area contributed by atoms with Crippen molar-refractivity contribution in [2.24, 2.45) is 11.8 Å². The standard InChI is InChI=1S/C15H16O3/c16-14(17)9-1-6-13-10(7-9)8-18-15(13,11-2-3-11)12-4-5-12/h1,6-7,11-12H,2-5,8H2,(H,16,17). The molecule has 0 amide bonds. The maximum absolute atomic E-state index is 11.0. The number of ether oxygens (including phenoxy) is 1. The summed E-state index contributed by atoms with van der Waals surface area (Å²) in [5.41, 5.74) is 2.68. The third-order valence-electron chi connectivity index (χ3n) is 4.61. The molecule has 0 bridgehead atoms. The minimum Gasteiger partial charge on any atom is -0.478 e. The van der Waals surface area contributed by atoms with Crippen molar-refractivity contribution in [3.8, 4) is 0 Å². The predicted octanol–water partition coefficient (Wildman–Crippen LogP) is 2.93. The first-order chi connectivity index (χ1) is 8.72. The molecule has 3 nitrogen and oxygen atoms in total. The lowest BCUT2D eigenvalue weighted by atomic mass is 9.83. The van der Waals surface area contributed by atoms with Gasteiger partial charge < -0.3 is 9.84 Å². The molecular weight excluding hydrogens is 228 g/mol. The van der Waals surface area contributed by atoms with Gasteiger partial charge in [-0.1, -0.05) is 6.07 Å². The van der Waals surface area contributed by atoms with Crippen LogP contribution >= 0.6 is 0 Å². The van der Waals surface area contributed by atoms with Crippen molar-refractivity contribution in [1.29, 1.82) is 0 Å². The van der Waals surface area contributed by atoms with Crippen molar-refractivity contribution in [3.63, 3.8) is 0 Å². The van der Waals surface area contributed by atoms with Crippen LogP contribution in [0.2, 0.25) is 0 Å². The summed E-state index contributed by atoms with van der Waals surface area (Å²) in [5, 5.41) is 9.05. The molecule has 1 heterocycles. The normalized spacial score (nSPS) is 24.9. The molecule has 0 aromatic heterocycles. The molecule has 1 aromatic carbocycles. The average molecular weight is 244 g/mol. The molecule has 18 heavy (non-hydrogen) atoms. The van der Waals surface area contributed by atoms with Gasteiger partial charge in [0.05, 0.1) is 17.8 Å². The molecule has 0 radical (unpaired) electrons. The first kappa shape index (κ1) is 10.6. The van der Waals surface area contributed by atoms with Gasteiger partial charge in [0.1, 0.15) is 0 Å². The Morgan fingerprint density at radius 2 is 1.89 bits per heavy atom. The maximum Gasteiger partial charge on any atom is 0.335 e. The number of hydrogen-bond donors (Lipinski definition) is 1. The van der Waals surface area contributed by atoms with E-state index >= 15 is 0 Å². The van der Waals surface area contributed by atoms with Crippen molar-refractivity contribution in [2.75, 3.05) is 0 Å². The highest BCUT2D eigenvalue weighted by Crippen LogP contribution is 2.62. The molecule has 1 aromatic rings. The van der Waals surface area contributed by atoms with Crippen LogP contribution in [0, 0.1) is 11.8 Å². The highest BCUT2D eigenvalue weighted by atomic mass is 16.5. The van der Waals surface area contributed by atoms with Gasteiger partial charge in [-0.25, -0.2) is 4.79 Å². The molecule has 1 N–H and O–H groups in total. The number of carboxylic acid groups (broad SMARTS) is 1. The zero-order chi connectivity index (χ0) is 12.3. The summed E-state index contributed by atoms with van der Waals surface area (Å²) in [5.74, 6) is 0.483. The Labute approximate surface area is 106 Å². The minimum absolute atomic E-state index is 0.0631. The van der Waals surface area contributed by atoms with Gasteiger partial charge in [0, 0.05) is 0 Å². The Kier molecular flexibility index (Phi) is 1.97. The van der Waals surface area contributed by atoms with Crippen LogP contribution in [-0.4, -0.2) is 11.1 Å². The minimum atomic E-state index is -0.854. The molecule has 0 atom stereocenters. The fourth-order valence-electron chi connectivity index (χ4n) is 3.54. The largest absolute Gasteiger partial charge is 0.478 e. The smallest absolute Gasteiger partial charge is 0.335 e. The Morgan fingerprint density at radius 3 is 2.44 bits per heavy atom. The van der Waals surface area contributed by atoms with Gasteiger partial charge in [0.15, 0.2) is 0 Å². The van der Waals surface area contributed by atoms with Crippen molar-refractivity contribution >= 4 is 5.97 Å². The van der Waals surface area contributed by atoms with Crippen LogP contribution in [0.4, 0.5) is 0 Å². The van der Waals surface area contributed by atoms with E-state index in [2.05, 4.69) is 0 Å². The van der Waals surface area contributed by atoms with Gasteiger partial charge in [0.2, 0.25) is 0 Å². The number of hydrogen-bond acceptors (Lipinski definition) is 2. The molecule has 2 aliphatic carbocycles. The number of benzene rings is 1. The molecule has 0 spiro atoms. The van der Waals surface area contributed by atoms with Crippen molar-refractivity contribution in [2.45, 2.75) is 37.9 Å². The number of carbonyl (C=O) groups is 1. The molecule has 2 fully saturated rings. The van der Waals surface area contributed by atoms with E-state index in [1.54, 1.807) is 12.1 Å². The Bertz CT molecular complexity index is 515. The van der Waals surface area contributed by atoms with Gasteiger partial charge in [-0.05, 0) is 60.8 Å². The van der Waals surface area contributed by atoms with Crippen LogP contribution < -0.4 is 0 Å². The van der Waals surface area contributed by atoms with E-state index in [1.807, 2.05) is 6.07 Å². The van der Waals surface area contributed by atoms with E-state index in [1.165, 1.54) is 31.2 Å². The fourth-order valence-corrected chi connectivity index (χ4v) is 3.54. The quantitative estimate of drug-likeness (QED) is 0.889. The van der Waals surface area contributed by atoms with Crippen molar-refractivity contribution in [3.05, 3.63) is 34.9 Å². The molecule has 3 heteroatoms. The van der Waals surface area contributed by atoms with E-state index in [4.69, 9.17) is 9.84 Å². The topological polar surface area (TPSA) is 46.5 Å². The lowest BCUT2D eigenvalue weighted by molar-refractivity contribution is -0.0733. The second kappa shape index (κ2) is 3.35. The zero-order valence-electron chi connectivity index (χ0n) is 10.2. The first-order valence-electron chi connectivity index (χ1n) is 6.72. The van der Waals surface area contributed by atoms with Crippen LogP contribution in [0.25, 0.3) is 0 Å². The SMILES string of the molecule is O=C(O)c1ccc2c(c1)COC2(C1CC1)C1CC1. The lowest BCUT2D eigenvalue weighted by Crippen LogP contribution is -2.30. The summed E-state index contributed by atoms with van der Waals surface area (Å²) >= 11 is 0. The number of aromatic carboxylic acids is 1. The molecule has 2 saturated carbocycles. The summed E-state index contributed by atoms with van der Waals surface area (Å²) in [6.07, 6.45) is 5.04. The van der Waals surface area contributed by atoms with Gasteiger partial charge in [0.25, 0.3) is 0 Å². The molecule has 0 saturated heterocycles. The predicted molar refractivity (Wildman–Crippen MR) is 65.3 cm³/mol. The van der Waals surface area contributed by atoms with Crippen LogP contribution in [0.1, 0.15) is 47.2 Å². The van der Waals surface area contributed by atoms with Gasteiger partial charge in [-0.15, -0.1) is 0 Å². The lowest BCUT2D eigenvalue weighted by Gasteiger charge is -2.30. The van der Waals surface area contributed by atoms with E-state index in [9.17, 15) is 4.79 Å². The van der Waals surface area contributed by atoms with Crippen molar-refractivity contribution in [1.82, 2.24) is 0 Å². The van der Waals surface area contributed by atoms with Gasteiger partial charge in [-0.2, -0.15) is 0 Å². The number of rotatable bonds is 3. The van der Waals surface area contributed by atoms with Crippen LogP contribution in [-0.2, 0) is 16.9 Å². The Balaban J connectivity index is 1.81. The second-order valence-electron chi connectivity index (χ2n) is 5.81. The zero-order valence-corrected chi connectivity index (χ0v) is 10.2. The molecule has 3 aliphatic rings. The third kappa shape index (κ3) is 1.31. The second-order valence-corrected chi connectivity index (χ2v) is 5.81. The molecule has 1 aliphatic heterocycles. The average Bonchev–Trinajstić information content (AvgIpc) is 3.25. The molecule has 4 rings (SSSR count). The highest BCUT2D eigenvalue weighted by Gasteiger charge is 2.59. The van der Waals surface area contributed by atoms with Gasteiger partial charge >= 0.3 is 5.97 Å². The highest BCUT2D eigenvalue weighted by molar-refractivity contribution is 5.88. The Morgan fingerprint density at radius 1 is 1.22 bits per heavy atom. The summed E-state index contributed by atoms with van der Waals surface area (Å²) in [4.78, 5) is 11.0. The number of carboxylic acids is 1.